The van der Waals surface area contributed by atoms with Gasteiger partial charge in [-0.05, 0) is 5.92 Å². The topological polar surface area (TPSA) is 82.8 Å². The molecule has 1 aromatic heterocycles. The molecule has 22 heavy (non-hydrogen) atoms. The van der Waals surface area contributed by atoms with Crippen molar-refractivity contribution in [3.05, 3.63) is 17.5 Å². The molecule has 0 atom stereocenters. The summed E-state index contributed by atoms with van der Waals surface area (Å²) in [6.07, 6.45) is 0.424. The predicted molar refractivity (Wildman–Crippen MR) is 97.5 cm³/mol. The first-order chi connectivity index (χ1) is 9.93. The smallest absolute Gasteiger partial charge is 0.223 e. The molecule has 0 aliphatic carbocycles. The molecule has 0 bridgehead atoms. The summed E-state index contributed by atoms with van der Waals surface area (Å²) in [5.74, 6) is 1.81. The standard InChI is InChI=1S/C14H25N5O2.HI/c1-10(2)12-8-11(21-18-12)9-17-14(15-3)16-7-6-13(20)19(4)5;/h8,10H,6-7,9H2,1-5H3,(H2,15,16,17);1H. The van der Waals surface area contributed by atoms with Crippen LogP contribution in [0.1, 0.15) is 37.6 Å². The quantitative estimate of drug-likeness (QED) is 0.412. The van der Waals surface area contributed by atoms with Gasteiger partial charge in [0.05, 0.1) is 12.2 Å². The highest BCUT2D eigenvalue weighted by Gasteiger charge is 2.08. The molecule has 1 heterocycles. The second-order valence-electron chi connectivity index (χ2n) is 5.26. The summed E-state index contributed by atoms with van der Waals surface area (Å²) in [4.78, 5) is 17.1. The lowest BCUT2D eigenvalue weighted by Crippen LogP contribution is -2.38. The fourth-order valence-corrected chi connectivity index (χ4v) is 1.59. The van der Waals surface area contributed by atoms with Gasteiger partial charge in [-0.1, -0.05) is 19.0 Å². The molecular formula is C14H26IN5O2. The number of halogens is 1. The number of aromatic nitrogens is 1. The van der Waals surface area contributed by atoms with Crippen LogP contribution >= 0.6 is 24.0 Å². The van der Waals surface area contributed by atoms with E-state index in [4.69, 9.17) is 4.52 Å². The molecule has 1 aromatic rings. The van der Waals surface area contributed by atoms with Crippen LogP contribution in [0.4, 0.5) is 0 Å². The average molecular weight is 423 g/mol. The molecule has 1 rings (SSSR count). The zero-order chi connectivity index (χ0) is 15.8. The number of carbonyl (C=O) groups is 1. The number of hydrogen-bond donors (Lipinski definition) is 2. The number of hydrogen-bond acceptors (Lipinski definition) is 4. The van der Waals surface area contributed by atoms with Crippen LogP contribution in [0.25, 0.3) is 0 Å². The lowest BCUT2D eigenvalue weighted by Gasteiger charge is -2.12. The van der Waals surface area contributed by atoms with E-state index in [0.29, 0.717) is 31.4 Å². The lowest BCUT2D eigenvalue weighted by atomic mass is 10.1. The summed E-state index contributed by atoms with van der Waals surface area (Å²) in [5.41, 5.74) is 0.936. The van der Waals surface area contributed by atoms with Crippen LogP contribution in [-0.2, 0) is 11.3 Å². The number of aliphatic imine (C=N–C) groups is 1. The van der Waals surface area contributed by atoms with Crippen molar-refractivity contribution in [2.75, 3.05) is 27.7 Å². The highest BCUT2D eigenvalue weighted by molar-refractivity contribution is 14.0. The predicted octanol–water partition coefficient (Wildman–Crippen LogP) is 1.56. The molecule has 0 unspecified atom stereocenters. The van der Waals surface area contributed by atoms with Crippen molar-refractivity contribution < 1.29 is 9.32 Å². The van der Waals surface area contributed by atoms with Crippen LogP contribution in [0.3, 0.4) is 0 Å². The Morgan fingerprint density at radius 3 is 2.59 bits per heavy atom. The molecule has 8 heteroatoms. The largest absolute Gasteiger partial charge is 0.359 e. The summed E-state index contributed by atoms with van der Waals surface area (Å²) in [7, 11) is 5.17. The lowest BCUT2D eigenvalue weighted by molar-refractivity contribution is -0.128. The van der Waals surface area contributed by atoms with Crippen LogP contribution < -0.4 is 10.6 Å². The summed E-state index contributed by atoms with van der Waals surface area (Å²) >= 11 is 0. The minimum absolute atomic E-state index is 0. The van der Waals surface area contributed by atoms with Crippen molar-refractivity contribution in [2.45, 2.75) is 32.7 Å². The van der Waals surface area contributed by atoms with Crippen LogP contribution in [0.2, 0.25) is 0 Å². The van der Waals surface area contributed by atoms with Crippen LogP contribution in [0.5, 0.6) is 0 Å². The summed E-state index contributed by atoms with van der Waals surface area (Å²) in [6, 6.07) is 1.93. The van der Waals surface area contributed by atoms with Crippen LogP contribution in [0, 0.1) is 0 Å². The Balaban J connectivity index is 0.00000441. The normalized spacial score (nSPS) is 11.1. The van der Waals surface area contributed by atoms with Crippen molar-refractivity contribution in [3.8, 4) is 0 Å². The van der Waals surface area contributed by atoms with E-state index in [-0.39, 0.29) is 29.9 Å². The Hall–Kier alpha value is -1.32. The van der Waals surface area contributed by atoms with Crippen LogP contribution in [0.15, 0.2) is 15.6 Å². The molecule has 0 aliphatic heterocycles. The first kappa shape index (κ1) is 20.7. The van der Waals surface area contributed by atoms with Gasteiger partial charge < -0.3 is 20.1 Å². The maximum atomic E-state index is 11.5. The first-order valence-corrected chi connectivity index (χ1v) is 7.04. The second kappa shape index (κ2) is 10.4. The molecular weight excluding hydrogens is 397 g/mol. The third kappa shape index (κ3) is 7.10. The maximum Gasteiger partial charge on any atom is 0.223 e. The summed E-state index contributed by atoms with van der Waals surface area (Å²) in [6.45, 7) is 5.17. The number of nitrogens with one attached hydrogen (secondary N) is 2. The van der Waals surface area contributed by atoms with E-state index in [1.807, 2.05) is 6.07 Å². The monoisotopic (exact) mass is 423 g/mol. The third-order valence-corrected chi connectivity index (χ3v) is 2.95. The molecule has 0 aliphatic rings. The van der Waals surface area contributed by atoms with Crippen molar-refractivity contribution >= 4 is 35.8 Å². The summed E-state index contributed by atoms with van der Waals surface area (Å²) in [5, 5.41) is 10.2. The summed E-state index contributed by atoms with van der Waals surface area (Å²) < 4.78 is 5.24. The molecule has 126 valence electrons. The Morgan fingerprint density at radius 2 is 2.09 bits per heavy atom. The van der Waals surface area contributed by atoms with Gasteiger partial charge in [-0.3, -0.25) is 9.79 Å². The van der Waals surface area contributed by atoms with E-state index < -0.39 is 0 Å². The Bertz CT molecular complexity index is 485. The number of carbonyl (C=O) groups excluding carboxylic acids is 1. The second-order valence-corrected chi connectivity index (χ2v) is 5.26. The van der Waals surface area contributed by atoms with Crippen molar-refractivity contribution in [1.29, 1.82) is 0 Å². The molecule has 1 amide bonds. The number of guanidine groups is 1. The molecule has 0 spiro atoms. The fourth-order valence-electron chi connectivity index (χ4n) is 1.59. The van der Waals surface area contributed by atoms with Gasteiger partial charge in [-0.25, -0.2) is 0 Å². The maximum absolute atomic E-state index is 11.5. The molecule has 0 saturated heterocycles. The Labute approximate surface area is 148 Å². The van der Waals surface area contributed by atoms with Gasteiger partial charge in [-0.15, -0.1) is 24.0 Å². The molecule has 2 N–H and O–H groups in total. The van der Waals surface area contributed by atoms with Gasteiger partial charge >= 0.3 is 0 Å². The zero-order valence-corrected chi connectivity index (χ0v) is 16.2. The van der Waals surface area contributed by atoms with Gasteiger partial charge in [0.15, 0.2) is 11.7 Å². The minimum atomic E-state index is 0. The molecule has 0 saturated carbocycles. The van der Waals surface area contributed by atoms with Crippen molar-refractivity contribution in [2.24, 2.45) is 4.99 Å². The number of rotatable bonds is 6. The van der Waals surface area contributed by atoms with E-state index in [1.165, 1.54) is 0 Å². The van der Waals surface area contributed by atoms with E-state index in [2.05, 4.69) is 34.6 Å². The van der Waals surface area contributed by atoms with Gasteiger partial charge in [0, 0.05) is 40.2 Å². The fraction of sp³-hybridized carbons (Fsp3) is 0.643. The molecule has 7 nitrogen and oxygen atoms in total. The first-order valence-electron chi connectivity index (χ1n) is 7.04. The molecule has 0 fully saturated rings. The highest BCUT2D eigenvalue weighted by Crippen LogP contribution is 2.13. The van der Waals surface area contributed by atoms with Crippen molar-refractivity contribution in [1.82, 2.24) is 20.7 Å². The van der Waals surface area contributed by atoms with Gasteiger partial charge in [-0.2, -0.15) is 0 Å². The van der Waals surface area contributed by atoms with Gasteiger partial charge in [0.1, 0.15) is 0 Å². The molecule has 0 aromatic carbocycles. The van der Waals surface area contributed by atoms with Crippen LogP contribution in [-0.4, -0.2) is 49.6 Å². The SMILES string of the molecule is CN=C(NCCC(=O)N(C)C)NCc1cc(C(C)C)no1.I. The van der Waals surface area contributed by atoms with Gasteiger partial charge in [0.2, 0.25) is 5.91 Å². The van der Waals surface area contributed by atoms with Gasteiger partial charge in [0.25, 0.3) is 0 Å². The Morgan fingerprint density at radius 1 is 1.41 bits per heavy atom. The minimum Gasteiger partial charge on any atom is -0.359 e. The third-order valence-electron chi connectivity index (χ3n) is 2.95. The van der Waals surface area contributed by atoms with Crippen molar-refractivity contribution in [3.63, 3.8) is 0 Å². The zero-order valence-electron chi connectivity index (χ0n) is 13.8. The van der Waals surface area contributed by atoms with E-state index in [1.54, 1.807) is 26.0 Å². The highest BCUT2D eigenvalue weighted by atomic mass is 127. The average Bonchev–Trinajstić information content (AvgIpc) is 2.91. The van der Waals surface area contributed by atoms with E-state index in [9.17, 15) is 4.79 Å². The van der Waals surface area contributed by atoms with E-state index in [0.717, 1.165) is 11.5 Å². The molecule has 0 radical (unpaired) electrons. The van der Waals surface area contributed by atoms with E-state index >= 15 is 0 Å². The number of nitrogens with zero attached hydrogens (tertiary/aromatic N) is 3. The Kier molecular flexibility index (Phi) is 9.79. The number of amides is 1.